The second kappa shape index (κ2) is 10.6. The summed E-state index contributed by atoms with van der Waals surface area (Å²) in [6.07, 6.45) is 5.37. The molecule has 1 aromatic heterocycles. The van der Waals surface area contributed by atoms with Gasteiger partial charge >= 0.3 is 6.18 Å². The van der Waals surface area contributed by atoms with Gasteiger partial charge in [0.15, 0.2) is 0 Å². The average molecular weight is 470 g/mol. The van der Waals surface area contributed by atoms with Crippen molar-refractivity contribution in [2.24, 2.45) is 5.16 Å². The number of benzene rings is 2. The normalized spacial score (nSPS) is 15.6. The molecule has 182 valence electrons. The molecule has 0 unspecified atom stereocenters. The van der Waals surface area contributed by atoms with Crippen LogP contribution in [0.1, 0.15) is 85.3 Å². The number of aryl methyl sites for hydroxylation is 1. The summed E-state index contributed by atoms with van der Waals surface area (Å²) in [5, 5.41) is 4.19. The lowest BCUT2D eigenvalue weighted by Crippen LogP contribution is -2.15. The minimum Gasteiger partial charge on any atom is -0.455 e. The number of aromatic nitrogens is 1. The minimum atomic E-state index is -4.37. The quantitative estimate of drug-likeness (QED) is 0.188. The number of alkyl halides is 3. The molecule has 3 aromatic rings. The van der Waals surface area contributed by atoms with Gasteiger partial charge in [0.05, 0.1) is 11.3 Å². The molecule has 4 rings (SSSR count). The summed E-state index contributed by atoms with van der Waals surface area (Å²) in [6, 6.07) is 12.9. The maximum absolute atomic E-state index is 13.8. The third kappa shape index (κ3) is 5.78. The fraction of sp³-hybridized carbons (Fsp3) is 0.429. The van der Waals surface area contributed by atoms with Crippen LogP contribution in [0.4, 0.5) is 13.2 Å². The summed E-state index contributed by atoms with van der Waals surface area (Å²) in [4.78, 5) is 5.48. The number of hydrogen-bond acceptors (Lipinski definition) is 2. The van der Waals surface area contributed by atoms with Gasteiger partial charge in [-0.2, -0.15) is 13.2 Å². The molecule has 0 spiro atoms. The Labute approximate surface area is 199 Å². The summed E-state index contributed by atoms with van der Waals surface area (Å²) in [5.41, 5.74) is 4.53. The van der Waals surface area contributed by atoms with Gasteiger partial charge in [-0.1, -0.05) is 55.6 Å². The van der Waals surface area contributed by atoms with Crippen LogP contribution in [0.3, 0.4) is 0 Å². The first-order valence-electron chi connectivity index (χ1n) is 12.1. The van der Waals surface area contributed by atoms with Crippen LogP contribution in [0.15, 0.2) is 60.0 Å². The van der Waals surface area contributed by atoms with E-state index in [0.29, 0.717) is 16.8 Å². The highest BCUT2D eigenvalue weighted by Crippen LogP contribution is 2.41. The molecule has 1 aliphatic carbocycles. The van der Waals surface area contributed by atoms with Gasteiger partial charge in [0.25, 0.3) is 0 Å². The predicted octanol–water partition coefficient (Wildman–Crippen LogP) is 7.83. The van der Waals surface area contributed by atoms with Crippen LogP contribution in [0.2, 0.25) is 0 Å². The molecule has 1 heterocycles. The predicted molar refractivity (Wildman–Crippen MR) is 129 cm³/mol. The Kier molecular flexibility index (Phi) is 7.54. The van der Waals surface area contributed by atoms with Gasteiger partial charge in [0.2, 0.25) is 0 Å². The van der Waals surface area contributed by atoms with Crippen molar-refractivity contribution in [3.63, 3.8) is 0 Å². The largest absolute Gasteiger partial charge is 0.455 e. The van der Waals surface area contributed by atoms with E-state index in [-0.39, 0.29) is 12.5 Å². The highest BCUT2D eigenvalue weighted by Gasteiger charge is 2.35. The van der Waals surface area contributed by atoms with Gasteiger partial charge in [-0.25, -0.2) is 0 Å². The number of oxime groups is 1. The maximum atomic E-state index is 13.8. The van der Waals surface area contributed by atoms with E-state index < -0.39 is 11.7 Å². The highest BCUT2D eigenvalue weighted by atomic mass is 19.4. The summed E-state index contributed by atoms with van der Waals surface area (Å²) in [6.45, 7) is 4.82. The number of hydrogen-bond donors (Lipinski definition) is 0. The zero-order chi connectivity index (χ0) is 24.1. The van der Waals surface area contributed by atoms with E-state index in [0.717, 1.165) is 50.6 Å². The Hall–Kier alpha value is -2.89. The van der Waals surface area contributed by atoms with Gasteiger partial charge in [-0.3, -0.25) is 0 Å². The van der Waals surface area contributed by atoms with Gasteiger partial charge in [-0.15, -0.1) is 18.5 Å². The number of rotatable bonds is 8. The molecule has 1 fully saturated rings. The van der Waals surface area contributed by atoms with Gasteiger partial charge < -0.3 is 9.40 Å². The van der Waals surface area contributed by atoms with Crippen LogP contribution in [0.5, 0.6) is 0 Å². The molecule has 34 heavy (non-hydrogen) atoms. The second-order valence-electron chi connectivity index (χ2n) is 9.20. The molecular weight excluding hydrogens is 437 g/mol. The van der Waals surface area contributed by atoms with Crippen LogP contribution in [-0.4, -0.2) is 10.3 Å². The van der Waals surface area contributed by atoms with E-state index in [4.69, 9.17) is 4.84 Å². The van der Waals surface area contributed by atoms with Crippen LogP contribution in [-0.2, 0) is 30.6 Å². The molecular formula is C28H32F3N2O-. The molecule has 0 saturated heterocycles. The van der Waals surface area contributed by atoms with Gasteiger partial charge in [-0.05, 0) is 72.1 Å². The molecule has 2 aromatic carbocycles. The van der Waals surface area contributed by atoms with Crippen molar-refractivity contribution >= 4 is 5.71 Å². The van der Waals surface area contributed by atoms with E-state index >= 15 is 0 Å². The molecule has 1 aliphatic rings. The number of halogens is 3. The van der Waals surface area contributed by atoms with E-state index in [1.165, 1.54) is 17.2 Å². The van der Waals surface area contributed by atoms with Crippen LogP contribution in [0, 0.1) is 0 Å². The SMILES string of the molecule is CCc1cc(C(C)=NOCc2ccc(C3CCCCC3)c(C(F)(F)F)c2)ccc1Cn1cc[cH-]1. The summed E-state index contributed by atoms with van der Waals surface area (Å²) in [7, 11) is 0. The lowest BCUT2D eigenvalue weighted by Gasteiger charge is -2.25. The zero-order valence-electron chi connectivity index (χ0n) is 19.9. The van der Waals surface area contributed by atoms with Crippen molar-refractivity contribution in [2.75, 3.05) is 0 Å². The minimum absolute atomic E-state index is 0.00120. The Morgan fingerprint density at radius 2 is 1.85 bits per heavy atom. The highest BCUT2D eigenvalue weighted by molar-refractivity contribution is 5.98. The fourth-order valence-corrected chi connectivity index (χ4v) is 4.81. The molecule has 0 bridgehead atoms. The van der Waals surface area contributed by atoms with Crippen molar-refractivity contribution in [2.45, 2.75) is 77.6 Å². The molecule has 0 amide bonds. The average Bonchev–Trinajstić information content (AvgIpc) is 2.81. The fourth-order valence-electron chi connectivity index (χ4n) is 4.81. The van der Waals surface area contributed by atoms with Crippen LogP contribution in [0.25, 0.3) is 0 Å². The third-order valence-electron chi connectivity index (χ3n) is 6.81. The smallest absolute Gasteiger partial charge is 0.416 e. The first kappa shape index (κ1) is 24.2. The Balaban J connectivity index is 1.45. The van der Waals surface area contributed by atoms with Crippen LogP contribution >= 0.6 is 0 Å². The van der Waals surface area contributed by atoms with Crippen molar-refractivity contribution in [3.8, 4) is 0 Å². The van der Waals surface area contributed by atoms with E-state index in [9.17, 15) is 13.2 Å². The van der Waals surface area contributed by atoms with Crippen molar-refractivity contribution in [3.05, 3.63) is 88.2 Å². The van der Waals surface area contributed by atoms with Crippen LogP contribution < -0.4 is 0 Å². The summed E-state index contributed by atoms with van der Waals surface area (Å²) < 4.78 is 43.5. The van der Waals surface area contributed by atoms with Crippen molar-refractivity contribution in [1.82, 2.24) is 4.57 Å². The number of nitrogens with zero attached hydrogens (tertiary/aromatic N) is 2. The first-order chi connectivity index (χ1) is 16.3. The van der Waals surface area contributed by atoms with Gasteiger partial charge in [0, 0.05) is 6.54 Å². The molecule has 0 radical (unpaired) electrons. The van der Waals surface area contributed by atoms with Crippen molar-refractivity contribution < 1.29 is 18.0 Å². The van der Waals surface area contributed by atoms with Crippen molar-refractivity contribution in [1.29, 1.82) is 0 Å². The molecule has 1 saturated carbocycles. The molecule has 6 heteroatoms. The lowest BCUT2D eigenvalue weighted by molar-refractivity contribution is -0.138. The topological polar surface area (TPSA) is 26.5 Å². The monoisotopic (exact) mass is 469 g/mol. The van der Waals surface area contributed by atoms with E-state index in [1.54, 1.807) is 12.1 Å². The molecule has 0 N–H and O–H groups in total. The van der Waals surface area contributed by atoms with Gasteiger partial charge in [0.1, 0.15) is 6.61 Å². The van der Waals surface area contributed by atoms with E-state index in [1.807, 2.05) is 31.5 Å². The second-order valence-corrected chi connectivity index (χ2v) is 9.20. The first-order valence-corrected chi connectivity index (χ1v) is 12.1. The Morgan fingerprint density at radius 3 is 2.50 bits per heavy atom. The zero-order valence-corrected chi connectivity index (χ0v) is 19.9. The molecule has 0 aliphatic heterocycles. The lowest BCUT2D eigenvalue weighted by atomic mass is 9.81. The standard InChI is InChI=1S/C28H32F3N2O/c1-3-22-17-24(11-12-25(22)18-33-14-7-15-33)20(2)32-34-19-21-10-13-26(23-8-5-4-6-9-23)27(16-21)28(29,30)31/h7,10-17,23H,3-6,8-9,18-19H2,1-2H3/q-1. The third-order valence-corrected chi connectivity index (χ3v) is 6.81. The Morgan fingerprint density at radius 1 is 1.09 bits per heavy atom. The summed E-state index contributed by atoms with van der Waals surface area (Å²) in [5.74, 6) is -0.00801. The molecule has 3 nitrogen and oxygen atoms in total. The Bertz CT molecular complexity index is 1110. The molecule has 0 atom stereocenters. The van der Waals surface area contributed by atoms with E-state index in [2.05, 4.69) is 28.8 Å². The maximum Gasteiger partial charge on any atom is 0.416 e. The summed E-state index contributed by atoms with van der Waals surface area (Å²) >= 11 is 0.